The van der Waals surface area contributed by atoms with E-state index in [1.165, 1.54) is 10.8 Å². The Hall–Kier alpha value is -3.47. The minimum absolute atomic E-state index is 0.0744. The van der Waals surface area contributed by atoms with Crippen LogP contribution in [0.1, 0.15) is 11.7 Å². The monoisotopic (exact) mass is 389 g/mol. The average molecular weight is 389 g/mol. The molecule has 0 aliphatic heterocycles. The molecule has 3 rings (SSSR count). The van der Waals surface area contributed by atoms with Crippen LogP contribution in [0.4, 0.5) is 5.82 Å². The van der Waals surface area contributed by atoms with Crippen molar-refractivity contribution in [3.63, 3.8) is 0 Å². The van der Waals surface area contributed by atoms with Crippen LogP contribution in [-0.2, 0) is 17.9 Å². The van der Waals surface area contributed by atoms with E-state index in [9.17, 15) is 10.1 Å². The Morgan fingerprint density at radius 1 is 1.21 bits per heavy atom. The van der Waals surface area contributed by atoms with Gasteiger partial charge in [0, 0.05) is 12.5 Å². The van der Waals surface area contributed by atoms with Gasteiger partial charge in [-0.2, -0.15) is 0 Å². The Balaban J connectivity index is 1.59. The van der Waals surface area contributed by atoms with Crippen molar-refractivity contribution < 1.29 is 23.6 Å². The molecule has 2 heterocycles. The molecule has 1 aromatic carbocycles. The zero-order valence-electron chi connectivity index (χ0n) is 15.6. The quantitative estimate of drug-likeness (QED) is 0.308. The molecule has 28 heavy (non-hydrogen) atoms. The third-order valence-corrected chi connectivity index (χ3v) is 4.00. The molecule has 0 N–H and O–H groups in total. The Labute approximate surface area is 160 Å². The Morgan fingerprint density at radius 3 is 2.71 bits per heavy atom. The number of aromatic nitrogens is 4. The van der Waals surface area contributed by atoms with E-state index in [-0.39, 0.29) is 19.0 Å². The number of methoxy groups -OCH3 is 2. The third kappa shape index (κ3) is 4.09. The molecule has 11 nitrogen and oxygen atoms in total. The molecule has 3 aromatic rings. The van der Waals surface area contributed by atoms with E-state index >= 15 is 0 Å². The van der Waals surface area contributed by atoms with Gasteiger partial charge in [-0.05, 0) is 23.1 Å². The van der Waals surface area contributed by atoms with Crippen molar-refractivity contribution in [2.45, 2.75) is 20.1 Å². The zero-order valence-corrected chi connectivity index (χ0v) is 15.6. The number of nitrogens with zero attached hydrogens (tertiary/aromatic N) is 5. The van der Waals surface area contributed by atoms with Crippen molar-refractivity contribution in [2.75, 3.05) is 20.8 Å². The van der Waals surface area contributed by atoms with Gasteiger partial charge >= 0.3 is 5.82 Å². The second-order valence-corrected chi connectivity index (χ2v) is 5.70. The first kappa shape index (κ1) is 19.3. The molecule has 0 aliphatic carbocycles. The number of nitro groups is 1. The fraction of sp³-hybridized carbons (Fsp3) is 0.353. The van der Waals surface area contributed by atoms with Crippen LogP contribution in [0.15, 0.2) is 28.8 Å². The van der Waals surface area contributed by atoms with E-state index in [0.29, 0.717) is 41.2 Å². The van der Waals surface area contributed by atoms with Gasteiger partial charge in [0.25, 0.3) is 0 Å². The van der Waals surface area contributed by atoms with Crippen LogP contribution in [-0.4, -0.2) is 45.5 Å². The third-order valence-electron chi connectivity index (χ3n) is 4.00. The fourth-order valence-corrected chi connectivity index (χ4v) is 2.59. The molecule has 0 spiro atoms. The molecule has 2 aromatic heterocycles. The molecule has 0 amide bonds. The second kappa shape index (κ2) is 8.48. The predicted molar refractivity (Wildman–Crippen MR) is 96.1 cm³/mol. The lowest BCUT2D eigenvalue weighted by Gasteiger charge is -2.07. The molecular weight excluding hydrogens is 370 g/mol. The lowest BCUT2D eigenvalue weighted by Crippen LogP contribution is -2.10. The van der Waals surface area contributed by atoms with Gasteiger partial charge in [-0.3, -0.25) is 0 Å². The first-order valence-electron chi connectivity index (χ1n) is 8.32. The van der Waals surface area contributed by atoms with E-state index in [4.69, 9.17) is 18.6 Å². The van der Waals surface area contributed by atoms with Crippen LogP contribution < -0.4 is 9.47 Å². The molecule has 0 atom stereocenters. The molecule has 0 saturated heterocycles. The maximum atomic E-state index is 11.0. The number of imidazole rings is 1. The molecule has 0 radical (unpaired) electrons. The van der Waals surface area contributed by atoms with E-state index in [0.717, 1.165) is 0 Å². The number of ether oxygens (including phenoxy) is 3. The van der Waals surface area contributed by atoms with Gasteiger partial charge in [0.2, 0.25) is 11.8 Å². The lowest BCUT2D eigenvalue weighted by molar-refractivity contribution is -0.392. The molecule has 0 aliphatic rings. The van der Waals surface area contributed by atoms with Crippen LogP contribution >= 0.6 is 0 Å². The van der Waals surface area contributed by atoms with Gasteiger partial charge in [0.1, 0.15) is 19.3 Å². The summed E-state index contributed by atoms with van der Waals surface area (Å²) in [6, 6.07) is 5.26. The van der Waals surface area contributed by atoms with Crippen molar-refractivity contribution in [2.24, 2.45) is 0 Å². The number of rotatable bonds is 9. The maximum absolute atomic E-state index is 11.0. The summed E-state index contributed by atoms with van der Waals surface area (Å²) in [5.41, 5.74) is 0.682. The minimum Gasteiger partial charge on any atom is -0.493 e. The van der Waals surface area contributed by atoms with Gasteiger partial charge in [0.15, 0.2) is 17.3 Å². The van der Waals surface area contributed by atoms with Gasteiger partial charge in [0.05, 0.1) is 20.8 Å². The van der Waals surface area contributed by atoms with Crippen LogP contribution in [0, 0.1) is 17.0 Å². The van der Waals surface area contributed by atoms with Crippen molar-refractivity contribution >= 4 is 5.82 Å². The summed E-state index contributed by atoms with van der Waals surface area (Å²) in [4.78, 5) is 14.4. The summed E-state index contributed by atoms with van der Waals surface area (Å²) in [7, 11) is 3.10. The molecule has 0 unspecified atom stereocenters. The maximum Gasteiger partial charge on any atom is 0.342 e. The average Bonchev–Trinajstić information content (AvgIpc) is 3.31. The van der Waals surface area contributed by atoms with Crippen molar-refractivity contribution in [3.05, 3.63) is 46.2 Å². The molecule has 11 heteroatoms. The normalized spacial score (nSPS) is 10.8. The number of benzene rings is 1. The number of hydrogen-bond donors (Lipinski definition) is 0. The highest BCUT2D eigenvalue weighted by Crippen LogP contribution is 2.31. The second-order valence-electron chi connectivity index (χ2n) is 5.70. The molecule has 0 bridgehead atoms. The Morgan fingerprint density at radius 2 is 2.00 bits per heavy atom. The van der Waals surface area contributed by atoms with Gasteiger partial charge in [-0.1, -0.05) is 0 Å². The fourth-order valence-electron chi connectivity index (χ4n) is 2.59. The topological polar surface area (TPSA) is 128 Å². The standard InChI is InChI=1S/C17H19N5O6/c1-11-18-9-16(22(23)24)21(11)6-7-27-10-15-19-20-17(28-15)12-4-5-13(25-2)14(8-12)26-3/h4-5,8-9H,6-7,10H2,1-3H3. The van der Waals surface area contributed by atoms with Gasteiger partial charge in [-0.25, -0.2) is 9.55 Å². The number of aryl methyl sites for hydroxylation is 1. The number of hydrogen-bond acceptors (Lipinski definition) is 9. The van der Waals surface area contributed by atoms with Crippen LogP contribution in [0.25, 0.3) is 11.5 Å². The van der Waals surface area contributed by atoms with Crippen LogP contribution in [0.3, 0.4) is 0 Å². The van der Waals surface area contributed by atoms with E-state index in [1.807, 2.05) is 0 Å². The zero-order chi connectivity index (χ0) is 20.1. The highest BCUT2D eigenvalue weighted by molar-refractivity contribution is 5.59. The smallest absolute Gasteiger partial charge is 0.342 e. The highest BCUT2D eigenvalue weighted by atomic mass is 16.6. The molecule has 148 valence electrons. The summed E-state index contributed by atoms with van der Waals surface area (Å²) in [5, 5.41) is 18.9. The Kier molecular flexibility index (Phi) is 5.84. The molecule has 0 saturated carbocycles. The van der Waals surface area contributed by atoms with E-state index < -0.39 is 4.92 Å². The van der Waals surface area contributed by atoms with Gasteiger partial charge in [-0.15, -0.1) is 10.2 Å². The molecule has 0 fully saturated rings. The summed E-state index contributed by atoms with van der Waals surface area (Å²) in [6.45, 7) is 2.30. The van der Waals surface area contributed by atoms with Gasteiger partial charge < -0.3 is 28.7 Å². The van der Waals surface area contributed by atoms with Crippen molar-refractivity contribution in [1.82, 2.24) is 19.7 Å². The largest absolute Gasteiger partial charge is 0.493 e. The minimum atomic E-state index is -0.479. The summed E-state index contributed by atoms with van der Waals surface area (Å²) < 4.78 is 23.0. The Bertz CT molecular complexity index is 967. The lowest BCUT2D eigenvalue weighted by atomic mass is 10.2. The first-order valence-corrected chi connectivity index (χ1v) is 8.32. The van der Waals surface area contributed by atoms with E-state index in [1.54, 1.807) is 39.3 Å². The van der Waals surface area contributed by atoms with Crippen molar-refractivity contribution in [1.29, 1.82) is 0 Å². The van der Waals surface area contributed by atoms with Crippen LogP contribution in [0.2, 0.25) is 0 Å². The van der Waals surface area contributed by atoms with Crippen LogP contribution in [0.5, 0.6) is 11.5 Å². The summed E-state index contributed by atoms with van der Waals surface area (Å²) in [6.07, 6.45) is 1.22. The first-order chi connectivity index (χ1) is 13.5. The molecular formula is C17H19N5O6. The summed E-state index contributed by atoms with van der Waals surface area (Å²) in [5.74, 6) is 2.23. The summed E-state index contributed by atoms with van der Waals surface area (Å²) >= 11 is 0. The predicted octanol–water partition coefficient (Wildman–Crippen LogP) is 2.38. The van der Waals surface area contributed by atoms with Crippen molar-refractivity contribution in [3.8, 4) is 23.0 Å². The van der Waals surface area contributed by atoms with E-state index in [2.05, 4.69) is 15.2 Å². The SMILES string of the molecule is COc1ccc(-c2nnc(COCCn3c([N+](=O)[O-])cnc3C)o2)cc1OC. The highest BCUT2D eigenvalue weighted by Gasteiger charge is 2.17.